The van der Waals surface area contributed by atoms with E-state index in [4.69, 9.17) is 0 Å². The molecule has 0 amide bonds. The van der Waals surface area contributed by atoms with Gasteiger partial charge in [0.2, 0.25) is 0 Å². The minimum atomic E-state index is 0.871. The first kappa shape index (κ1) is 21.1. The minimum absolute atomic E-state index is 0.871. The zero-order valence-corrected chi connectivity index (χ0v) is 17.8. The van der Waals surface area contributed by atoms with Gasteiger partial charge in [-0.15, -0.1) is 0 Å². The van der Waals surface area contributed by atoms with Gasteiger partial charge < -0.3 is 4.90 Å². The number of benzene rings is 2. The summed E-state index contributed by atoms with van der Waals surface area (Å²) in [5.74, 6) is 0. The van der Waals surface area contributed by atoms with E-state index in [1.807, 2.05) is 13.0 Å². The van der Waals surface area contributed by atoms with Crippen molar-refractivity contribution in [3.63, 3.8) is 0 Å². The molecule has 0 aliphatic heterocycles. The van der Waals surface area contributed by atoms with Crippen molar-refractivity contribution in [2.75, 3.05) is 4.90 Å². The average Bonchev–Trinajstić information content (AvgIpc) is 3.02. The summed E-state index contributed by atoms with van der Waals surface area (Å²) in [5, 5.41) is 0. The van der Waals surface area contributed by atoms with E-state index in [1.54, 1.807) is 0 Å². The number of rotatable bonds is 7. The van der Waals surface area contributed by atoms with Gasteiger partial charge in [-0.1, -0.05) is 103 Å². The molecule has 0 atom stereocenters. The molecule has 1 aliphatic rings. The standard InChI is InChI=1S/C29H29N/c1-3-12-25(2)13-11-24-30(28-17-8-5-9-18-28)29-19-10-16-27(22-23-29)21-20-26-14-6-4-7-15-26/h3-18,20-24H,19H2,1-2H3/b12-3-,21-20+,24-11+,25-13-. The van der Waals surface area contributed by atoms with E-state index in [9.17, 15) is 0 Å². The summed E-state index contributed by atoms with van der Waals surface area (Å²) in [6, 6.07) is 20.9. The SMILES string of the molecule is C\C=C/C(C)=C\C=C\N(C1=CC=C(/C=C/c2ccccc2)C=CC1)c1ccccc1. The number of allylic oxidation sites excluding steroid dienone is 11. The van der Waals surface area contributed by atoms with Crippen LogP contribution in [0.25, 0.3) is 6.08 Å². The zero-order chi connectivity index (χ0) is 21.0. The number of hydrogen-bond acceptors (Lipinski definition) is 1. The molecule has 2 aromatic carbocycles. The first-order valence-corrected chi connectivity index (χ1v) is 10.4. The van der Waals surface area contributed by atoms with E-state index < -0.39 is 0 Å². The van der Waals surface area contributed by atoms with Crippen molar-refractivity contribution in [2.24, 2.45) is 0 Å². The highest BCUT2D eigenvalue weighted by Gasteiger charge is 2.08. The molecule has 0 bridgehead atoms. The fourth-order valence-electron chi connectivity index (χ4n) is 3.21. The Hall–Kier alpha value is -3.58. The van der Waals surface area contributed by atoms with E-state index in [0.29, 0.717) is 0 Å². The van der Waals surface area contributed by atoms with Gasteiger partial charge in [0.25, 0.3) is 0 Å². The Morgan fingerprint density at radius 1 is 0.900 bits per heavy atom. The third-order valence-corrected chi connectivity index (χ3v) is 4.74. The van der Waals surface area contributed by atoms with E-state index >= 15 is 0 Å². The molecule has 0 saturated heterocycles. The molecular formula is C29H29N. The van der Waals surface area contributed by atoms with Crippen molar-refractivity contribution in [3.8, 4) is 0 Å². The van der Waals surface area contributed by atoms with Crippen LogP contribution >= 0.6 is 0 Å². The van der Waals surface area contributed by atoms with Gasteiger partial charge in [-0.25, -0.2) is 0 Å². The molecule has 1 heteroatoms. The number of anilines is 1. The maximum atomic E-state index is 2.25. The van der Waals surface area contributed by atoms with Crippen LogP contribution in [0.5, 0.6) is 0 Å². The lowest BCUT2D eigenvalue weighted by molar-refractivity contribution is 1.07. The molecule has 2 aromatic rings. The molecule has 0 heterocycles. The Bertz CT molecular complexity index is 1010. The molecule has 0 spiro atoms. The van der Waals surface area contributed by atoms with Crippen molar-refractivity contribution in [3.05, 3.63) is 144 Å². The van der Waals surface area contributed by atoms with E-state index in [2.05, 4.69) is 133 Å². The van der Waals surface area contributed by atoms with Crippen molar-refractivity contribution in [1.82, 2.24) is 0 Å². The molecule has 0 aromatic heterocycles. The summed E-state index contributed by atoms with van der Waals surface area (Å²) in [7, 11) is 0. The molecular weight excluding hydrogens is 362 g/mol. The maximum absolute atomic E-state index is 2.25. The average molecular weight is 392 g/mol. The van der Waals surface area contributed by atoms with Gasteiger partial charge in [0.1, 0.15) is 0 Å². The van der Waals surface area contributed by atoms with Gasteiger partial charge >= 0.3 is 0 Å². The molecule has 0 radical (unpaired) electrons. The second-order valence-corrected chi connectivity index (χ2v) is 7.13. The van der Waals surface area contributed by atoms with Crippen molar-refractivity contribution >= 4 is 11.8 Å². The number of hydrogen-bond donors (Lipinski definition) is 0. The topological polar surface area (TPSA) is 3.24 Å². The van der Waals surface area contributed by atoms with Gasteiger partial charge in [-0.2, -0.15) is 0 Å². The Morgan fingerprint density at radius 2 is 1.63 bits per heavy atom. The third kappa shape index (κ3) is 6.49. The first-order chi connectivity index (χ1) is 14.8. The van der Waals surface area contributed by atoms with Crippen LogP contribution in [0.2, 0.25) is 0 Å². The Balaban J connectivity index is 1.86. The lowest BCUT2D eigenvalue weighted by atomic mass is 10.1. The van der Waals surface area contributed by atoms with Crippen LogP contribution < -0.4 is 4.90 Å². The van der Waals surface area contributed by atoms with Crippen LogP contribution in [0.1, 0.15) is 25.8 Å². The predicted molar refractivity (Wildman–Crippen MR) is 132 cm³/mol. The molecule has 30 heavy (non-hydrogen) atoms. The number of nitrogens with zero attached hydrogens (tertiary/aromatic N) is 1. The highest BCUT2D eigenvalue weighted by Crippen LogP contribution is 2.24. The third-order valence-electron chi connectivity index (χ3n) is 4.74. The van der Waals surface area contributed by atoms with Crippen LogP contribution in [0, 0.1) is 0 Å². The van der Waals surface area contributed by atoms with Crippen LogP contribution in [-0.2, 0) is 0 Å². The molecule has 0 fully saturated rings. The molecule has 0 unspecified atom stereocenters. The van der Waals surface area contributed by atoms with Crippen LogP contribution in [0.4, 0.5) is 5.69 Å². The zero-order valence-electron chi connectivity index (χ0n) is 17.8. The van der Waals surface area contributed by atoms with Crippen molar-refractivity contribution in [2.45, 2.75) is 20.3 Å². The molecule has 0 N–H and O–H groups in total. The van der Waals surface area contributed by atoms with E-state index in [1.165, 1.54) is 22.4 Å². The molecule has 3 rings (SSSR count). The van der Waals surface area contributed by atoms with E-state index in [0.717, 1.165) is 12.1 Å². The molecule has 1 aliphatic carbocycles. The van der Waals surface area contributed by atoms with Gasteiger partial charge in [0.05, 0.1) is 0 Å². The summed E-state index contributed by atoms with van der Waals surface area (Å²) in [5.41, 5.74) is 6.01. The lowest BCUT2D eigenvalue weighted by Gasteiger charge is -2.23. The summed E-state index contributed by atoms with van der Waals surface area (Å²) in [4.78, 5) is 2.25. The molecule has 0 saturated carbocycles. The predicted octanol–water partition coefficient (Wildman–Crippen LogP) is 8.01. The van der Waals surface area contributed by atoms with Gasteiger partial charge in [-0.05, 0) is 49.3 Å². The first-order valence-electron chi connectivity index (χ1n) is 10.4. The molecule has 150 valence electrons. The number of para-hydroxylation sites is 1. The maximum Gasteiger partial charge on any atom is 0.0452 e. The largest absolute Gasteiger partial charge is 0.321 e. The lowest BCUT2D eigenvalue weighted by Crippen LogP contribution is -2.14. The smallest absolute Gasteiger partial charge is 0.0452 e. The van der Waals surface area contributed by atoms with E-state index in [-0.39, 0.29) is 0 Å². The Morgan fingerprint density at radius 3 is 2.37 bits per heavy atom. The molecule has 1 nitrogen and oxygen atoms in total. The summed E-state index contributed by atoms with van der Waals surface area (Å²) in [6.07, 6.45) is 24.5. The van der Waals surface area contributed by atoms with Crippen molar-refractivity contribution in [1.29, 1.82) is 0 Å². The Labute approximate surface area is 181 Å². The fraction of sp³-hybridized carbons (Fsp3) is 0.103. The summed E-state index contributed by atoms with van der Waals surface area (Å²) in [6.45, 7) is 4.15. The van der Waals surface area contributed by atoms with Crippen LogP contribution in [0.3, 0.4) is 0 Å². The summed E-state index contributed by atoms with van der Waals surface area (Å²) < 4.78 is 0. The monoisotopic (exact) mass is 391 g/mol. The summed E-state index contributed by atoms with van der Waals surface area (Å²) >= 11 is 0. The second-order valence-electron chi connectivity index (χ2n) is 7.13. The highest BCUT2D eigenvalue weighted by atomic mass is 15.1. The van der Waals surface area contributed by atoms with Crippen LogP contribution in [0.15, 0.2) is 138 Å². The fourth-order valence-corrected chi connectivity index (χ4v) is 3.21. The quantitative estimate of drug-likeness (QED) is 0.432. The van der Waals surface area contributed by atoms with Gasteiger partial charge in [0, 0.05) is 24.0 Å². The van der Waals surface area contributed by atoms with Crippen LogP contribution in [-0.4, -0.2) is 0 Å². The second kappa shape index (κ2) is 11.4. The normalized spacial score (nSPS) is 14.9. The highest BCUT2D eigenvalue weighted by molar-refractivity contribution is 5.59. The minimum Gasteiger partial charge on any atom is -0.321 e. The van der Waals surface area contributed by atoms with Crippen molar-refractivity contribution < 1.29 is 0 Å². The van der Waals surface area contributed by atoms with Gasteiger partial charge in [0.15, 0.2) is 0 Å². The Kier molecular flexibility index (Phi) is 8.05. The van der Waals surface area contributed by atoms with Gasteiger partial charge in [-0.3, -0.25) is 0 Å².